The Labute approximate surface area is 252 Å². The van der Waals surface area contributed by atoms with Gasteiger partial charge in [0.05, 0.1) is 16.6 Å². The third kappa shape index (κ3) is 8.73. The van der Waals surface area contributed by atoms with Crippen LogP contribution in [0.4, 0.5) is 0 Å². The Hall–Kier alpha value is -3.04. The van der Waals surface area contributed by atoms with E-state index in [2.05, 4.69) is 18.5 Å². The number of esters is 1. The topological polar surface area (TPSA) is 108 Å². The third-order valence-electron chi connectivity index (χ3n) is 5.47. The van der Waals surface area contributed by atoms with Gasteiger partial charge in [0, 0.05) is 11.1 Å². The second kappa shape index (κ2) is 15.7. The van der Waals surface area contributed by atoms with Gasteiger partial charge in [-0.1, -0.05) is 73.4 Å². The second-order valence-electron chi connectivity index (χ2n) is 8.20. The van der Waals surface area contributed by atoms with Gasteiger partial charge in [-0.15, -0.1) is 0 Å². The average molecular weight is 631 g/mol. The fourth-order valence-corrected chi connectivity index (χ4v) is 3.99. The zero-order valence-corrected chi connectivity index (χ0v) is 24.9. The maximum absolute atomic E-state index is 12.3. The minimum absolute atomic E-state index is 0.000299. The molecule has 0 radical (unpaired) electrons. The van der Waals surface area contributed by atoms with Crippen LogP contribution in [-0.2, 0) is 14.3 Å². The first kappa shape index (κ1) is 33.2. The summed E-state index contributed by atoms with van der Waals surface area (Å²) in [4.78, 5) is 48.7. The van der Waals surface area contributed by atoms with Gasteiger partial charge in [0.2, 0.25) is 0 Å². The van der Waals surface area contributed by atoms with Crippen molar-refractivity contribution in [3.63, 3.8) is 0 Å². The van der Waals surface area contributed by atoms with Gasteiger partial charge in [0.25, 0.3) is 5.91 Å². The van der Waals surface area contributed by atoms with Crippen molar-refractivity contribution in [3.8, 4) is 11.5 Å². The van der Waals surface area contributed by atoms with Gasteiger partial charge in [-0.2, -0.15) is 0 Å². The third-order valence-corrected chi connectivity index (χ3v) is 7.20. The van der Waals surface area contributed by atoms with E-state index in [-0.39, 0.29) is 67.4 Å². The summed E-state index contributed by atoms with van der Waals surface area (Å²) >= 11 is 24.8. The predicted octanol–water partition coefficient (Wildman–Crippen LogP) is 6.72. The molecular weight excluding hydrogens is 604 g/mol. The van der Waals surface area contributed by atoms with Gasteiger partial charge in [-0.3, -0.25) is 14.4 Å². The lowest BCUT2D eigenvalue weighted by atomic mass is 10.0. The Balaban J connectivity index is 1.77. The van der Waals surface area contributed by atoms with E-state index in [9.17, 15) is 19.2 Å². The van der Waals surface area contributed by atoms with Gasteiger partial charge >= 0.3 is 5.97 Å². The van der Waals surface area contributed by atoms with Crippen molar-refractivity contribution in [2.45, 2.75) is 26.7 Å². The van der Waals surface area contributed by atoms with Crippen molar-refractivity contribution in [1.29, 1.82) is 0 Å². The molecule has 40 heavy (non-hydrogen) atoms. The highest BCUT2D eigenvalue weighted by Gasteiger charge is 2.20. The van der Waals surface area contributed by atoms with Gasteiger partial charge in [-0.05, 0) is 48.3 Å². The minimum atomic E-state index is -0.723. The largest absolute Gasteiger partial charge is 0.482 e. The van der Waals surface area contributed by atoms with Gasteiger partial charge in [0.15, 0.2) is 24.8 Å². The number of amides is 1. The number of halogens is 4. The zero-order valence-electron chi connectivity index (χ0n) is 21.8. The van der Waals surface area contributed by atoms with Crippen LogP contribution < -0.4 is 14.8 Å². The van der Waals surface area contributed by atoms with Crippen LogP contribution in [-0.4, -0.2) is 49.8 Å². The van der Waals surface area contributed by atoms with Gasteiger partial charge in [0.1, 0.15) is 28.2 Å². The quantitative estimate of drug-likeness (QED) is 0.101. The van der Waals surface area contributed by atoms with Crippen molar-refractivity contribution in [1.82, 2.24) is 5.32 Å². The van der Waals surface area contributed by atoms with Crippen LogP contribution in [0.25, 0.3) is 0 Å². The smallest absolute Gasteiger partial charge is 0.344 e. The lowest BCUT2D eigenvalue weighted by Gasteiger charge is -2.13. The minimum Gasteiger partial charge on any atom is -0.482 e. The van der Waals surface area contributed by atoms with Crippen molar-refractivity contribution in [2.75, 3.05) is 26.4 Å². The predicted molar refractivity (Wildman–Crippen MR) is 155 cm³/mol. The first-order valence-corrected chi connectivity index (χ1v) is 13.5. The number of rotatable bonds is 15. The Morgan fingerprint density at radius 1 is 0.725 bits per heavy atom. The molecule has 2 aromatic carbocycles. The molecule has 0 heterocycles. The van der Waals surface area contributed by atoms with Crippen LogP contribution in [0.15, 0.2) is 48.6 Å². The SMILES string of the molecule is C=C(CC)C(=O)c1ccc(OCC(=O)NCCOC(=O)COc2ccc(C(=O)C(=C)CC)c(Cl)c2Cl)c(Cl)c1Cl. The van der Waals surface area contributed by atoms with Crippen LogP contribution in [0.3, 0.4) is 0 Å². The van der Waals surface area contributed by atoms with Crippen molar-refractivity contribution in [3.05, 3.63) is 79.8 Å². The molecule has 0 saturated heterocycles. The molecule has 0 aliphatic heterocycles. The number of Topliss-reactive ketones (excluding diaryl/α,β-unsaturated/α-hetero) is 2. The molecule has 2 rings (SSSR count). The van der Waals surface area contributed by atoms with Crippen LogP contribution in [0.1, 0.15) is 47.4 Å². The van der Waals surface area contributed by atoms with E-state index in [0.717, 1.165) is 0 Å². The maximum atomic E-state index is 12.3. The molecule has 1 amide bonds. The monoisotopic (exact) mass is 629 g/mol. The molecule has 0 aliphatic rings. The molecule has 0 spiro atoms. The summed E-state index contributed by atoms with van der Waals surface area (Å²) in [5.41, 5.74) is 1.14. The Morgan fingerprint density at radius 2 is 1.18 bits per heavy atom. The first-order chi connectivity index (χ1) is 18.9. The molecule has 0 bridgehead atoms. The average Bonchev–Trinajstić information content (AvgIpc) is 2.95. The standard InChI is InChI=1S/C28H27Cl4NO7/c1-5-15(3)27(36)17-7-9-19(25(31)23(17)29)39-13-21(34)33-11-12-38-22(35)14-40-20-10-8-18(24(30)26(20)32)28(37)16(4)6-2/h7-10H,3-6,11-14H2,1-2H3,(H,33,34). The lowest BCUT2D eigenvalue weighted by Crippen LogP contribution is -2.32. The van der Waals surface area contributed by atoms with E-state index >= 15 is 0 Å². The van der Waals surface area contributed by atoms with Gasteiger partial charge in [-0.25, -0.2) is 4.79 Å². The van der Waals surface area contributed by atoms with Crippen LogP contribution in [0.2, 0.25) is 20.1 Å². The summed E-state index contributed by atoms with van der Waals surface area (Å²) < 4.78 is 15.8. The van der Waals surface area contributed by atoms with E-state index in [0.29, 0.717) is 24.0 Å². The number of carbonyl (C=O) groups excluding carboxylic acids is 4. The second-order valence-corrected chi connectivity index (χ2v) is 9.71. The number of allylic oxidation sites excluding steroid dienone is 2. The number of hydrogen-bond acceptors (Lipinski definition) is 7. The Bertz CT molecular complexity index is 1240. The number of benzene rings is 2. The number of carbonyl (C=O) groups is 4. The summed E-state index contributed by atoms with van der Waals surface area (Å²) in [6, 6.07) is 5.75. The van der Waals surface area contributed by atoms with E-state index in [1.54, 1.807) is 13.8 Å². The van der Waals surface area contributed by atoms with Crippen LogP contribution in [0, 0.1) is 0 Å². The highest BCUT2D eigenvalue weighted by Crippen LogP contribution is 2.37. The first-order valence-electron chi connectivity index (χ1n) is 12.0. The zero-order chi connectivity index (χ0) is 30.0. The van der Waals surface area contributed by atoms with Crippen molar-refractivity contribution < 1.29 is 33.4 Å². The summed E-state index contributed by atoms with van der Waals surface area (Å²) in [5.74, 6) is -1.67. The Morgan fingerprint density at radius 3 is 1.62 bits per heavy atom. The normalized spacial score (nSPS) is 10.4. The molecule has 2 aromatic rings. The summed E-state index contributed by atoms with van der Waals surface area (Å²) in [6.07, 6.45) is 0.921. The molecule has 0 aromatic heterocycles. The van der Waals surface area contributed by atoms with E-state index in [1.165, 1.54) is 24.3 Å². The molecule has 0 aliphatic carbocycles. The van der Waals surface area contributed by atoms with Gasteiger partial charge < -0.3 is 19.5 Å². The molecule has 8 nitrogen and oxygen atoms in total. The highest BCUT2D eigenvalue weighted by atomic mass is 35.5. The van der Waals surface area contributed by atoms with Crippen molar-refractivity contribution in [2.24, 2.45) is 0 Å². The number of hydrogen-bond donors (Lipinski definition) is 1. The number of nitrogens with one attached hydrogen (secondary N) is 1. The van der Waals surface area contributed by atoms with E-state index < -0.39 is 25.1 Å². The fourth-order valence-electron chi connectivity index (χ4n) is 3.07. The number of ketones is 2. The molecule has 0 fully saturated rings. The molecular formula is C28H27Cl4NO7. The summed E-state index contributed by atoms with van der Waals surface area (Å²) in [5, 5.41) is 2.48. The van der Waals surface area contributed by atoms with E-state index in [4.69, 9.17) is 60.6 Å². The molecule has 0 atom stereocenters. The van der Waals surface area contributed by atoms with E-state index in [1.807, 2.05) is 0 Å². The lowest BCUT2D eigenvalue weighted by molar-refractivity contribution is -0.146. The summed E-state index contributed by atoms with van der Waals surface area (Å²) in [6.45, 7) is 9.96. The number of ether oxygens (including phenoxy) is 3. The molecule has 1 N–H and O–H groups in total. The Kier molecular flexibility index (Phi) is 13.0. The molecule has 12 heteroatoms. The van der Waals surface area contributed by atoms with Crippen LogP contribution in [0.5, 0.6) is 11.5 Å². The molecule has 0 unspecified atom stereocenters. The summed E-state index contributed by atoms with van der Waals surface area (Å²) in [7, 11) is 0. The van der Waals surface area contributed by atoms with Crippen LogP contribution >= 0.6 is 46.4 Å². The van der Waals surface area contributed by atoms with Crippen molar-refractivity contribution >= 4 is 69.8 Å². The molecule has 214 valence electrons. The maximum Gasteiger partial charge on any atom is 0.344 e. The highest BCUT2D eigenvalue weighted by molar-refractivity contribution is 6.46. The fraction of sp³-hybridized carbons (Fsp3) is 0.286. The molecule has 0 saturated carbocycles.